The van der Waals surface area contributed by atoms with Crippen LogP contribution < -0.4 is 5.32 Å². The highest BCUT2D eigenvalue weighted by Crippen LogP contribution is 2.35. The Kier molecular flexibility index (Phi) is 7.10. The van der Waals surface area contributed by atoms with E-state index in [1.807, 2.05) is 74.8 Å². The van der Waals surface area contributed by atoms with Crippen molar-refractivity contribution in [1.82, 2.24) is 10.2 Å². The monoisotopic (exact) mass is 396 g/mol. The Labute approximate surface area is 169 Å². The van der Waals surface area contributed by atoms with E-state index < -0.39 is 0 Å². The van der Waals surface area contributed by atoms with Crippen LogP contribution in [0.3, 0.4) is 0 Å². The van der Waals surface area contributed by atoms with Crippen LogP contribution in [0.25, 0.3) is 0 Å². The molecule has 3 rings (SSSR count). The largest absolute Gasteiger partial charge is 0.353 e. The van der Waals surface area contributed by atoms with Gasteiger partial charge in [0, 0.05) is 16.3 Å². The van der Waals surface area contributed by atoms with Gasteiger partial charge in [-0.15, -0.1) is 23.1 Å². The SMILES string of the molecule is CN(C)[C@@H](CNC(=O)[C@H](Sc1ccccc1)c1ccccc1)c1cccs1. The fourth-order valence-corrected chi connectivity index (χ4v) is 4.84. The Morgan fingerprint density at radius 3 is 2.26 bits per heavy atom. The van der Waals surface area contributed by atoms with Gasteiger partial charge in [-0.25, -0.2) is 0 Å². The van der Waals surface area contributed by atoms with Crippen LogP contribution in [0.4, 0.5) is 0 Å². The van der Waals surface area contributed by atoms with Gasteiger partial charge in [-0.3, -0.25) is 4.79 Å². The Bertz CT molecular complexity index is 820. The second kappa shape index (κ2) is 9.74. The molecule has 0 bridgehead atoms. The van der Waals surface area contributed by atoms with Gasteiger partial charge in [0.15, 0.2) is 0 Å². The van der Waals surface area contributed by atoms with Crippen molar-refractivity contribution in [3.05, 3.63) is 88.6 Å². The molecule has 0 radical (unpaired) electrons. The number of likely N-dealkylation sites (N-methyl/N-ethyl adjacent to an activating group) is 1. The molecule has 1 N–H and O–H groups in total. The molecule has 0 saturated carbocycles. The molecule has 3 aromatic rings. The number of amides is 1. The van der Waals surface area contributed by atoms with E-state index in [2.05, 4.69) is 27.7 Å². The van der Waals surface area contributed by atoms with E-state index in [1.165, 1.54) is 4.88 Å². The van der Waals surface area contributed by atoms with E-state index in [-0.39, 0.29) is 17.2 Å². The molecule has 0 saturated heterocycles. The third-order valence-corrected chi connectivity index (χ3v) is 6.54. The summed E-state index contributed by atoms with van der Waals surface area (Å²) in [5, 5.41) is 4.97. The van der Waals surface area contributed by atoms with E-state index in [0.717, 1.165) is 10.5 Å². The Balaban J connectivity index is 1.74. The van der Waals surface area contributed by atoms with Gasteiger partial charge in [-0.2, -0.15) is 0 Å². The fraction of sp³-hybridized carbons (Fsp3) is 0.227. The maximum Gasteiger partial charge on any atom is 0.238 e. The van der Waals surface area contributed by atoms with Gasteiger partial charge < -0.3 is 10.2 Å². The van der Waals surface area contributed by atoms with Crippen LogP contribution in [0.1, 0.15) is 21.7 Å². The summed E-state index contributed by atoms with van der Waals surface area (Å²) in [5.41, 5.74) is 1.02. The van der Waals surface area contributed by atoms with Crippen molar-refractivity contribution in [3.63, 3.8) is 0 Å². The van der Waals surface area contributed by atoms with Crippen LogP contribution >= 0.6 is 23.1 Å². The van der Waals surface area contributed by atoms with Gasteiger partial charge in [0.05, 0.1) is 6.04 Å². The molecule has 1 heterocycles. The molecule has 1 aromatic heterocycles. The lowest BCUT2D eigenvalue weighted by Crippen LogP contribution is -2.36. The zero-order valence-electron chi connectivity index (χ0n) is 15.5. The highest BCUT2D eigenvalue weighted by molar-refractivity contribution is 8.00. The van der Waals surface area contributed by atoms with Crippen LogP contribution in [0, 0.1) is 0 Å². The van der Waals surface area contributed by atoms with E-state index >= 15 is 0 Å². The van der Waals surface area contributed by atoms with Crippen LogP contribution in [-0.4, -0.2) is 31.4 Å². The molecule has 0 aliphatic rings. The number of rotatable bonds is 8. The molecule has 2 atom stereocenters. The summed E-state index contributed by atoms with van der Waals surface area (Å²) >= 11 is 3.30. The maximum absolute atomic E-state index is 13.1. The first kappa shape index (κ1) is 19.7. The van der Waals surface area contributed by atoms with Gasteiger partial charge >= 0.3 is 0 Å². The van der Waals surface area contributed by atoms with E-state index in [0.29, 0.717) is 6.54 Å². The minimum Gasteiger partial charge on any atom is -0.353 e. The number of hydrogen-bond acceptors (Lipinski definition) is 4. The summed E-state index contributed by atoms with van der Waals surface area (Å²) in [4.78, 5) is 17.6. The number of carbonyl (C=O) groups excluding carboxylic acids is 1. The lowest BCUT2D eigenvalue weighted by atomic mass is 10.1. The first-order valence-corrected chi connectivity index (χ1v) is 10.7. The van der Waals surface area contributed by atoms with Crippen molar-refractivity contribution in [2.75, 3.05) is 20.6 Å². The summed E-state index contributed by atoms with van der Waals surface area (Å²) in [6, 6.07) is 24.4. The third kappa shape index (κ3) is 5.45. The third-order valence-electron chi connectivity index (χ3n) is 4.30. The summed E-state index contributed by atoms with van der Waals surface area (Å²) in [7, 11) is 4.09. The lowest BCUT2D eigenvalue weighted by molar-refractivity contribution is -0.120. The minimum atomic E-state index is -0.278. The first-order chi connectivity index (χ1) is 13.1. The summed E-state index contributed by atoms with van der Waals surface area (Å²) in [5.74, 6) is 0.0402. The zero-order valence-corrected chi connectivity index (χ0v) is 17.2. The number of hydrogen-bond donors (Lipinski definition) is 1. The van der Waals surface area contributed by atoms with Gasteiger partial charge in [0.25, 0.3) is 0 Å². The molecule has 0 aliphatic carbocycles. The number of carbonyl (C=O) groups is 1. The molecular formula is C22H24N2OS2. The lowest BCUT2D eigenvalue weighted by Gasteiger charge is -2.25. The fourth-order valence-electron chi connectivity index (χ4n) is 2.84. The predicted molar refractivity (Wildman–Crippen MR) is 115 cm³/mol. The van der Waals surface area contributed by atoms with Gasteiger partial charge in [0.1, 0.15) is 5.25 Å². The van der Waals surface area contributed by atoms with Crippen LogP contribution in [0.5, 0.6) is 0 Å². The summed E-state index contributed by atoms with van der Waals surface area (Å²) < 4.78 is 0. The number of nitrogens with one attached hydrogen (secondary N) is 1. The molecule has 5 heteroatoms. The smallest absolute Gasteiger partial charge is 0.238 e. The molecule has 27 heavy (non-hydrogen) atoms. The molecule has 3 nitrogen and oxygen atoms in total. The number of thiophene rings is 1. The second-order valence-electron chi connectivity index (χ2n) is 6.46. The van der Waals surface area contributed by atoms with E-state index in [1.54, 1.807) is 23.1 Å². The molecule has 0 unspecified atom stereocenters. The highest BCUT2D eigenvalue weighted by Gasteiger charge is 2.24. The molecule has 2 aromatic carbocycles. The molecule has 1 amide bonds. The van der Waals surface area contributed by atoms with Crippen molar-refractivity contribution >= 4 is 29.0 Å². The number of nitrogens with zero attached hydrogens (tertiary/aromatic N) is 1. The van der Waals surface area contributed by atoms with Crippen LogP contribution in [0.15, 0.2) is 83.1 Å². The quantitative estimate of drug-likeness (QED) is 0.544. The molecule has 140 valence electrons. The highest BCUT2D eigenvalue weighted by atomic mass is 32.2. The average Bonchev–Trinajstić information content (AvgIpc) is 3.22. The first-order valence-electron chi connectivity index (χ1n) is 8.89. The van der Waals surface area contributed by atoms with Crippen molar-refractivity contribution in [1.29, 1.82) is 0 Å². The van der Waals surface area contributed by atoms with Gasteiger partial charge in [0.2, 0.25) is 5.91 Å². The Morgan fingerprint density at radius 1 is 1.00 bits per heavy atom. The van der Waals surface area contributed by atoms with Crippen molar-refractivity contribution < 1.29 is 4.79 Å². The normalized spacial score (nSPS) is 13.3. The Hall–Kier alpha value is -2.08. The minimum absolute atomic E-state index is 0.0402. The van der Waals surface area contributed by atoms with Crippen molar-refractivity contribution in [2.45, 2.75) is 16.2 Å². The second-order valence-corrected chi connectivity index (χ2v) is 8.62. The molecule has 0 aliphatic heterocycles. The van der Waals surface area contributed by atoms with Crippen molar-refractivity contribution in [3.8, 4) is 0 Å². The summed E-state index contributed by atoms with van der Waals surface area (Å²) in [6.45, 7) is 0.588. The molecule has 0 fully saturated rings. The van der Waals surface area contributed by atoms with Crippen LogP contribution in [-0.2, 0) is 4.79 Å². The zero-order chi connectivity index (χ0) is 19.1. The Morgan fingerprint density at radius 2 is 1.67 bits per heavy atom. The van der Waals surface area contributed by atoms with E-state index in [9.17, 15) is 4.79 Å². The van der Waals surface area contributed by atoms with E-state index in [4.69, 9.17) is 0 Å². The standard InChI is InChI=1S/C22H24N2OS2/c1-24(2)19(20-14-9-15-26-20)16-23-22(25)21(17-10-5-3-6-11-17)27-18-12-7-4-8-13-18/h3-15,19,21H,16H2,1-2H3,(H,23,25)/t19-,21+/m0/s1. The summed E-state index contributed by atoms with van der Waals surface area (Å²) in [6.07, 6.45) is 0. The average molecular weight is 397 g/mol. The number of thioether (sulfide) groups is 1. The topological polar surface area (TPSA) is 32.3 Å². The van der Waals surface area contributed by atoms with Gasteiger partial charge in [-0.1, -0.05) is 54.6 Å². The molecule has 0 spiro atoms. The predicted octanol–water partition coefficient (Wildman–Crippen LogP) is 5.00. The van der Waals surface area contributed by atoms with Crippen molar-refractivity contribution in [2.24, 2.45) is 0 Å². The van der Waals surface area contributed by atoms with Crippen LogP contribution in [0.2, 0.25) is 0 Å². The molecular weight excluding hydrogens is 372 g/mol. The number of benzene rings is 2. The maximum atomic E-state index is 13.1. The van der Waals surface area contributed by atoms with Gasteiger partial charge in [-0.05, 0) is 43.2 Å².